The number of esters is 1. The average Bonchev–Trinajstić information content (AvgIpc) is 2.79. The molecule has 31 heavy (non-hydrogen) atoms. The van der Waals surface area contributed by atoms with Gasteiger partial charge in [-0.1, -0.05) is 72.8 Å². The Hall–Kier alpha value is -3.61. The Labute approximate surface area is 181 Å². The van der Waals surface area contributed by atoms with Crippen LogP contribution < -0.4 is 16.0 Å². The zero-order chi connectivity index (χ0) is 21.9. The minimum Gasteiger partial charge on any atom is -0.462 e. The van der Waals surface area contributed by atoms with Crippen molar-refractivity contribution in [2.45, 2.75) is 37.9 Å². The molecule has 0 saturated carbocycles. The van der Waals surface area contributed by atoms with Gasteiger partial charge in [0.05, 0.1) is 6.04 Å². The zero-order valence-electron chi connectivity index (χ0n) is 17.3. The van der Waals surface area contributed by atoms with E-state index in [1.54, 1.807) is 6.08 Å². The van der Waals surface area contributed by atoms with Crippen molar-refractivity contribution in [3.63, 3.8) is 0 Å². The number of hydrogen-bond donors (Lipinski definition) is 3. The van der Waals surface area contributed by atoms with Gasteiger partial charge in [0, 0.05) is 13.0 Å². The first-order valence-electron chi connectivity index (χ1n) is 10.4. The molecule has 162 valence electrons. The summed E-state index contributed by atoms with van der Waals surface area (Å²) in [4.78, 5) is 37.2. The Balaban J connectivity index is 1.63. The molecule has 3 rings (SSSR count). The van der Waals surface area contributed by atoms with Crippen LogP contribution in [0.3, 0.4) is 0 Å². The van der Waals surface area contributed by atoms with Gasteiger partial charge in [0.1, 0.15) is 12.6 Å². The van der Waals surface area contributed by atoms with Crippen LogP contribution >= 0.6 is 0 Å². The summed E-state index contributed by atoms with van der Waals surface area (Å²) in [5.41, 5.74) is 1.81. The van der Waals surface area contributed by atoms with Gasteiger partial charge >= 0.3 is 12.0 Å². The van der Waals surface area contributed by atoms with Crippen LogP contribution in [0.25, 0.3) is 0 Å². The average molecular weight is 421 g/mol. The fraction of sp³-hybridized carbons (Fsp3) is 0.292. The van der Waals surface area contributed by atoms with E-state index in [-0.39, 0.29) is 18.9 Å². The van der Waals surface area contributed by atoms with Crippen LogP contribution in [0.2, 0.25) is 0 Å². The predicted octanol–water partition coefficient (Wildman–Crippen LogP) is 3.00. The maximum Gasteiger partial charge on any atom is 0.329 e. The second-order valence-corrected chi connectivity index (χ2v) is 7.27. The molecule has 3 N–H and O–H groups in total. The lowest BCUT2D eigenvalue weighted by molar-refractivity contribution is -0.147. The molecule has 0 aromatic heterocycles. The lowest BCUT2D eigenvalue weighted by Crippen LogP contribution is -2.46. The summed E-state index contributed by atoms with van der Waals surface area (Å²) in [6, 6.07) is 17.1. The number of amides is 3. The van der Waals surface area contributed by atoms with E-state index < -0.39 is 24.1 Å². The fourth-order valence-electron chi connectivity index (χ4n) is 3.21. The molecule has 2 atom stereocenters. The van der Waals surface area contributed by atoms with Crippen molar-refractivity contribution in [3.05, 3.63) is 83.9 Å². The van der Waals surface area contributed by atoms with Crippen LogP contribution in [0.4, 0.5) is 4.79 Å². The molecule has 0 aliphatic carbocycles. The number of rotatable bonds is 4. The number of cyclic esters (lactones) is 1. The smallest absolute Gasteiger partial charge is 0.329 e. The highest BCUT2D eigenvalue weighted by atomic mass is 16.5. The predicted molar refractivity (Wildman–Crippen MR) is 117 cm³/mol. The number of carbonyl (C=O) groups excluding carboxylic acids is 3. The van der Waals surface area contributed by atoms with Crippen LogP contribution in [0.15, 0.2) is 72.8 Å². The third-order valence-corrected chi connectivity index (χ3v) is 4.89. The molecule has 0 spiro atoms. The second kappa shape index (κ2) is 11.5. The van der Waals surface area contributed by atoms with E-state index in [1.165, 1.54) is 0 Å². The highest BCUT2D eigenvalue weighted by molar-refractivity contribution is 5.84. The largest absolute Gasteiger partial charge is 0.462 e. The monoisotopic (exact) mass is 421 g/mol. The third kappa shape index (κ3) is 7.29. The quantitative estimate of drug-likeness (QED) is 0.522. The van der Waals surface area contributed by atoms with E-state index in [1.807, 2.05) is 66.7 Å². The SMILES string of the molecule is O=C1CC/C=C\C[C@@H](NC(=O)NCc2ccccc2)C(=O)OC[C@@H](c2ccccc2)N1. The van der Waals surface area contributed by atoms with Gasteiger partial charge < -0.3 is 20.7 Å². The van der Waals surface area contributed by atoms with Gasteiger partial charge in [-0.05, 0) is 24.0 Å². The molecule has 0 radical (unpaired) electrons. The first-order chi connectivity index (χ1) is 15.1. The molecule has 3 amide bonds. The van der Waals surface area contributed by atoms with Crippen LogP contribution in [0, 0.1) is 0 Å². The van der Waals surface area contributed by atoms with E-state index >= 15 is 0 Å². The number of nitrogens with one attached hydrogen (secondary N) is 3. The number of hydrogen-bond acceptors (Lipinski definition) is 4. The summed E-state index contributed by atoms with van der Waals surface area (Å²) in [5, 5.41) is 8.36. The van der Waals surface area contributed by atoms with E-state index in [4.69, 9.17) is 4.74 Å². The van der Waals surface area contributed by atoms with Crippen molar-refractivity contribution in [2.75, 3.05) is 6.61 Å². The Morgan fingerprint density at radius 2 is 1.71 bits per heavy atom. The number of allylic oxidation sites excluding steroid dienone is 1. The molecule has 7 heteroatoms. The van der Waals surface area contributed by atoms with Crippen molar-refractivity contribution in [3.8, 4) is 0 Å². The molecule has 1 aliphatic rings. The van der Waals surface area contributed by atoms with Crippen molar-refractivity contribution >= 4 is 17.9 Å². The van der Waals surface area contributed by atoms with Crippen molar-refractivity contribution in [1.29, 1.82) is 0 Å². The standard InChI is InChI=1S/C24H27N3O4/c28-22-15-9-3-8-14-20(27-24(30)25-16-18-10-4-1-5-11-18)23(29)31-17-21(26-22)19-12-6-2-7-13-19/h1-8,10-13,20-21H,9,14-17H2,(H,26,28)(H2,25,27,30)/b8-3-/t20-,21+/m1/s1. The molecular formula is C24H27N3O4. The van der Waals surface area contributed by atoms with E-state index in [2.05, 4.69) is 16.0 Å². The van der Waals surface area contributed by atoms with Gasteiger partial charge in [0.2, 0.25) is 5.91 Å². The van der Waals surface area contributed by atoms with E-state index in [0.29, 0.717) is 19.4 Å². The topological polar surface area (TPSA) is 96.5 Å². The van der Waals surface area contributed by atoms with Crippen LogP contribution in [0.1, 0.15) is 36.4 Å². The van der Waals surface area contributed by atoms with Gasteiger partial charge in [-0.2, -0.15) is 0 Å². The minimum absolute atomic E-state index is 0.0118. The van der Waals surface area contributed by atoms with Gasteiger partial charge in [0.15, 0.2) is 0 Å². The van der Waals surface area contributed by atoms with Gasteiger partial charge in [0.25, 0.3) is 0 Å². The van der Waals surface area contributed by atoms with Crippen LogP contribution in [-0.4, -0.2) is 30.6 Å². The number of benzene rings is 2. The molecule has 1 heterocycles. The van der Waals surface area contributed by atoms with E-state index in [9.17, 15) is 14.4 Å². The van der Waals surface area contributed by atoms with Crippen LogP contribution in [-0.2, 0) is 20.9 Å². The number of ether oxygens (including phenoxy) is 1. The molecule has 0 unspecified atom stereocenters. The second-order valence-electron chi connectivity index (χ2n) is 7.27. The Bertz CT molecular complexity index is 900. The lowest BCUT2D eigenvalue weighted by Gasteiger charge is -2.22. The molecule has 0 bridgehead atoms. The molecule has 0 fully saturated rings. The summed E-state index contributed by atoms with van der Waals surface area (Å²) < 4.78 is 5.48. The molecule has 0 saturated heterocycles. The summed E-state index contributed by atoms with van der Waals surface area (Å²) in [6.07, 6.45) is 4.80. The molecule has 7 nitrogen and oxygen atoms in total. The highest BCUT2D eigenvalue weighted by Gasteiger charge is 2.24. The first-order valence-corrected chi connectivity index (χ1v) is 10.4. The van der Waals surface area contributed by atoms with Gasteiger partial charge in [-0.15, -0.1) is 0 Å². The minimum atomic E-state index is -0.821. The molecule has 1 aliphatic heterocycles. The Morgan fingerprint density at radius 1 is 1.00 bits per heavy atom. The zero-order valence-corrected chi connectivity index (χ0v) is 17.3. The Kier molecular flexibility index (Phi) is 8.22. The summed E-state index contributed by atoms with van der Waals surface area (Å²) in [7, 11) is 0. The Morgan fingerprint density at radius 3 is 2.45 bits per heavy atom. The van der Waals surface area contributed by atoms with Gasteiger partial charge in [-0.3, -0.25) is 4.79 Å². The van der Waals surface area contributed by atoms with E-state index in [0.717, 1.165) is 11.1 Å². The van der Waals surface area contributed by atoms with Gasteiger partial charge in [-0.25, -0.2) is 9.59 Å². The van der Waals surface area contributed by atoms with Crippen molar-refractivity contribution < 1.29 is 19.1 Å². The normalized spacial score (nSPS) is 20.9. The fourth-order valence-corrected chi connectivity index (χ4v) is 3.21. The maximum absolute atomic E-state index is 12.7. The molecule has 2 aromatic carbocycles. The summed E-state index contributed by atoms with van der Waals surface area (Å²) in [5.74, 6) is -0.652. The maximum atomic E-state index is 12.7. The highest BCUT2D eigenvalue weighted by Crippen LogP contribution is 2.15. The first kappa shape index (κ1) is 22.1. The molecular weight excluding hydrogens is 394 g/mol. The van der Waals surface area contributed by atoms with Crippen molar-refractivity contribution in [1.82, 2.24) is 16.0 Å². The molecule has 2 aromatic rings. The van der Waals surface area contributed by atoms with Crippen molar-refractivity contribution in [2.24, 2.45) is 0 Å². The number of urea groups is 1. The van der Waals surface area contributed by atoms with Crippen LogP contribution in [0.5, 0.6) is 0 Å². The summed E-state index contributed by atoms with van der Waals surface area (Å²) in [6.45, 7) is 0.342. The lowest BCUT2D eigenvalue weighted by atomic mass is 10.1. The third-order valence-electron chi connectivity index (χ3n) is 4.89. The number of carbonyl (C=O) groups is 3. The summed E-state index contributed by atoms with van der Waals surface area (Å²) >= 11 is 0.